The Hall–Kier alpha value is -2.30. The summed E-state index contributed by atoms with van der Waals surface area (Å²) in [5.74, 6) is -0.983. The molecule has 1 unspecified atom stereocenters. The number of halogens is 1. The summed E-state index contributed by atoms with van der Waals surface area (Å²) in [6.45, 7) is 0. The molecule has 5 heteroatoms. The van der Waals surface area contributed by atoms with Crippen molar-refractivity contribution < 1.29 is 9.90 Å². The number of aromatic amines is 1. The molecule has 0 aliphatic rings. The second-order valence-corrected chi connectivity index (χ2v) is 5.06. The molecule has 1 atom stereocenters. The molecule has 3 aromatic rings. The molecule has 1 aromatic heterocycles. The van der Waals surface area contributed by atoms with Crippen LogP contribution in [0.25, 0.3) is 22.0 Å². The number of hydrogen-bond donors (Lipinski definition) is 3. The molecule has 1 heterocycles. The molecule has 0 radical (unpaired) electrons. The van der Waals surface area contributed by atoms with E-state index in [1.807, 2.05) is 36.5 Å². The zero-order valence-electron chi connectivity index (χ0n) is 11.8. The molecule has 0 aliphatic carbocycles. The highest BCUT2D eigenvalue weighted by molar-refractivity contribution is 5.96. The molecular weight excluding hydrogens is 300 g/mol. The van der Waals surface area contributed by atoms with Gasteiger partial charge in [-0.15, -0.1) is 12.4 Å². The predicted molar refractivity (Wildman–Crippen MR) is 90.3 cm³/mol. The fourth-order valence-corrected chi connectivity index (χ4v) is 2.56. The summed E-state index contributed by atoms with van der Waals surface area (Å²) in [6, 6.07) is 15.2. The predicted octanol–water partition coefficient (Wildman–Crippen LogP) is 3.21. The van der Waals surface area contributed by atoms with E-state index in [2.05, 4.69) is 23.2 Å². The van der Waals surface area contributed by atoms with Crippen molar-refractivity contribution in [3.05, 3.63) is 60.3 Å². The lowest BCUT2D eigenvalue weighted by Gasteiger charge is -2.06. The molecule has 114 valence electrons. The van der Waals surface area contributed by atoms with Crippen LogP contribution in [0.4, 0.5) is 0 Å². The van der Waals surface area contributed by atoms with E-state index >= 15 is 0 Å². The number of benzene rings is 2. The number of H-pyrrole nitrogens is 1. The Morgan fingerprint density at radius 3 is 2.55 bits per heavy atom. The minimum Gasteiger partial charge on any atom is -0.480 e. The van der Waals surface area contributed by atoms with Crippen LogP contribution in [-0.4, -0.2) is 22.1 Å². The Morgan fingerprint density at radius 1 is 1.14 bits per heavy atom. The van der Waals surface area contributed by atoms with Gasteiger partial charge in [0.1, 0.15) is 6.04 Å². The Kier molecular flexibility index (Phi) is 4.85. The standard InChI is InChI=1S/C17H16N2O2.ClH/c18-15(17(20)21)9-12-10-19-16-13(7-4-8-14(12)16)11-5-2-1-3-6-11;/h1-8,10,15,19H,9,18H2,(H,20,21);1H. The fourth-order valence-electron chi connectivity index (χ4n) is 2.56. The smallest absolute Gasteiger partial charge is 0.320 e. The van der Waals surface area contributed by atoms with Gasteiger partial charge in [-0.05, 0) is 11.1 Å². The van der Waals surface area contributed by atoms with Crippen molar-refractivity contribution in [3.8, 4) is 11.1 Å². The molecule has 0 spiro atoms. The summed E-state index contributed by atoms with van der Waals surface area (Å²) in [5, 5.41) is 9.97. The number of nitrogens with one attached hydrogen (secondary N) is 1. The van der Waals surface area contributed by atoms with E-state index in [-0.39, 0.29) is 12.4 Å². The zero-order chi connectivity index (χ0) is 14.8. The summed E-state index contributed by atoms with van der Waals surface area (Å²) in [5.41, 5.74) is 9.80. The number of carboxylic acids is 1. The highest BCUT2D eigenvalue weighted by Gasteiger charge is 2.16. The van der Waals surface area contributed by atoms with Crippen LogP contribution in [0, 0.1) is 0 Å². The van der Waals surface area contributed by atoms with Gasteiger partial charge in [-0.3, -0.25) is 4.79 Å². The number of carboxylic acid groups (broad SMARTS) is 1. The van der Waals surface area contributed by atoms with Gasteiger partial charge < -0.3 is 15.8 Å². The van der Waals surface area contributed by atoms with E-state index in [1.165, 1.54) is 0 Å². The Labute approximate surface area is 134 Å². The second-order valence-electron chi connectivity index (χ2n) is 5.06. The summed E-state index contributed by atoms with van der Waals surface area (Å²) in [6.07, 6.45) is 2.16. The van der Waals surface area contributed by atoms with Crippen LogP contribution in [0.1, 0.15) is 5.56 Å². The lowest BCUT2D eigenvalue weighted by atomic mass is 10.00. The van der Waals surface area contributed by atoms with Crippen molar-refractivity contribution in [2.24, 2.45) is 5.73 Å². The van der Waals surface area contributed by atoms with Crippen LogP contribution in [-0.2, 0) is 11.2 Å². The van der Waals surface area contributed by atoms with Crippen LogP contribution in [0.5, 0.6) is 0 Å². The minimum absolute atomic E-state index is 0. The van der Waals surface area contributed by atoms with Crippen molar-refractivity contribution in [1.82, 2.24) is 4.98 Å². The number of rotatable bonds is 4. The van der Waals surface area contributed by atoms with Crippen LogP contribution in [0.2, 0.25) is 0 Å². The third-order valence-electron chi connectivity index (χ3n) is 3.64. The molecule has 0 saturated carbocycles. The molecule has 0 aliphatic heterocycles. The van der Waals surface area contributed by atoms with Gasteiger partial charge in [-0.25, -0.2) is 0 Å². The number of para-hydroxylation sites is 1. The van der Waals surface area contributed by atoms with Crippen LogP contribution < -0.4 is 5.73 Å². The molecule has 2 aromatic carbocycles. The van der Waals surface area contributed by atoms with Gasteiger partial charge in [0.15, 0.2) is 0 Å². The maximum atomic E-state index is 10.9. The topological polar surface area (TPSA) is 79.1 Å². The summed E-state index contributed by atoms with van der Waals surface area (Å²) in [7, 11) is 0. The normalized spacial score (nSPS) is 11.9. The highest BCUT2D eigenvalue weighted by Crippen LogP contribution is 2.29. The molecule has 0 saturated heterocycles. The fraction of sp³-hybridized carbons (Fsp3) is 0.118. The van der Waals surface area contributed by atoms with Crippen molar-refractivity contribution >= 4 is 29.3 Å². The highest BCUT2D eigenvalue weighted by atomic mass is 35.5. The van der Waals surface area contributed by atoms with Gasteiger partial charge in [0.25, 0.3) is 0 Å². The van der Waals surface area contributed by atoms with E-state index in [0.29, 0.717) is 6.42 Å². The van der Waals surface area contributed by atoms with Crippen molar-refractivity contribution in [1.29, 1.82) is 0 Å². The monoisotopic (exact) mass is 316 g/mol. The average molecular weight is 317 g/mol. The van der Waals surface area contributed by atoms with E-state index in [9.17, 15) is 4.79 Å². The number of fused-ring (bicyclic) bond motifs is 1. The number of carbonyl (C=O) groups is 1. The third-order valence-corrected chi connectivity index (χ3v) is 3.64. The van der Waals surface area contributed by atoms with Gasteiger partial charge in [0.05, 0.1) is 5.52 Å². The largest absolute Gasteiger partial charge is 0.480 e. The summed E-state index contributed by atoms with van der Waals surface area (Å²) >= 11 is 0. The van der Waals surface area contributed by atoms with Gasteiger partial charge in [0.2, 0.25) is 0 Å². The lowest BCUT2D eigenvalue weighted by molar-refractivity contribution is -0.138. The molecule has 4 N–H and O–H groups in total. The average Bonchev–Trinajstić information content (AvgIpc) is 2.91. The number of hydrogen-bond acceptors (Lipinski definition) is 2. The second kappa shape index (κ2) is 6.64. The third kappa shape index (κ3) is 2.98. The first-order chi connectivity index (χ1) is 10.2. The van der Waals surface area contributed by atoms with E-state index in [0.717, 1.165) is 27.6 Å². The van der Waals surface area contributed by atoms with Crippen molar-refractivity contribution in [2.75, 3.05) is 0 Å². The van der Waals surface area contributed by atoms with Gasteiger partial charge >= 0.3 is 5.97 Å². The van der Waals surface area contributed by atoms with Crippen molar-refractivity contribution in [3.63, 3.8) is 0 Å². The molecule has 0 fully saturated rings. The van der Waals surface area contributed by atoms with E-state index in [4.69, 9.17) is 10.8 Å². The van der Waals surface area contributed by atoms with Crippen LogP contribution in [0.3, 0.4) is 0 Å². The Bertz CT molecular complexity index is 784. The molecule has 0 amide bonds. The molecule has 3 rings (SSSR count). The minimum atomic E-state index is -0.983. The maximum absolute atomic E-state index is 10.9. The summed E-state index contributed by atoms with van der Waals surface area (Å²) < 4.78 is 0. The zero-order valence-corrected chi connectivity index (χ0v) is 12.6. The SMILES string of the molecule is Cl.NC(Cc1c[nH]c2c(-c3ccccc3)cccc12)C(=O)O. The van der Waals surface area contributed by atoms with Crippen molar-refractivity contribution in [2.45, 2.75) is 12.5 Å². The lowest BCUT2D eigenvalue weighted by Crippen LogP contribution is -2.32. The number of aromatic nitrogens is 1. The molecule has 0 bridgehead atoms. The van der Waals surface area contributed by atoms with Crippen LogP contribution >= 0.6 is 12.4 Å². The first-order valence-corrected chi connectivity index (χ1v) is 6.79. The van der Waals surface area contributed by atoms with Gasteiger partial charge in [-0.1, -0.05) is 48.5 Å². The van der Waals surface area contributed by atoms with Crippen LogP contribution in [0.15, 0.2) is 54.7 Å². The first kappa shape index (κ1) is 16.1. The van der Waals surface area contributed by atoms with Gasteiger partial charge in [-0.2, -0.15) is 0 Å². The maximum Gasteiger partial charge on any atom is 0.320 e. The number of nitrogens with two attached hydrogens (primary N) is 1. The van der Waals surface area contributed by atoms with Gasteiger partial charge in [0, 0.05) is 23.6 Å². The molecule has 4 nitrogen and oxygen atoms in total. The Balaban J connectivity index is 0.00000176. The Morgan fingerprint density at radius 2 is 1.86 bits per heavy atom. The quantitative estimate of drug-likeness (QED) is 0.691. The first-order valence-electron chi connectivity index (χ1n) is 6.79. The summed E-state index contributed by atoms with van der Waals surface area (Å²) in [4.78, 5) is 14.2. The van der Waals surface area contributed by atoms with E-state index < -0.39 is 12.0 Å². The molecular formula is C17H17ClN2O2. The molecule has 22 heavy (non-hydrogen) atoms. The number of aliphatic carboxylic acids is 1. The van der Waals surface area contributed by atoms with E-state index in [1.54, 1.807) is 0 Å².